The molecule has 1 heterocycles. The van der Waals surface area contributed by atoms with Gasteiger partial charge in [-0.1, -0.05) is 13.8 Å². The summed E-state index contributed by atoms with van der Waals surface area (Å²) in [5, 5.41) is 2.82. The molecule has 0 fully saturated rings. The highest BCUT2D eigenvalue weighted by atomic mass is 16.1. The van der Waals surface area contributed by atoms with Gasteiger partial charge >= 0.3 is 0 Å². The van der Waals surface area contributed by atoms with Gasteiger partial charge in [0.15, 0.2) is 0 Å². The van der Waals surface area contributed by atoms with Crippen molar-refractivity contribution in [2.75, 3.05) is 5.32 Å². The SMILES string of the molecule is CCC(=O)Nc1c(CC)ncn1C. The molecule has 1 aromatic heterocycles. The van der Waals surface area contributed by atoms with E-state index in [1.165, 1.54) is 0 Å². The van der Waals surface area contributed by atoms with E-state index in [-0.39, 0.29) is 5.91 Å². The molecule has 0 unspecified atom stereocenters. The van der Waals surface area contributed by atoms with Gasteiger partial charge in [0.25, 0.3) is 0 Å². The minimum Gasteiger partial charge on any atom is -0.320 e. The van der Waals surface area contributed by atoms with Crippen molar-refractivity contribution in [3.05, 3.63) is 12.0 Å². The van der Waals surface area contributed by atoms with Crippen molar-refractivity contribution in [2.24, 2.45) is 7.05 Å². The van der Waals surface area contributed by atoms with Crippen LogP contribution in [0.5, 0.6) is 0 Å². The Morgan fingerprint density at radius 1 is 1.62 bits per heavy atom. The Hall–Kier alpha value is -1.32. The van der Waals surface area contributed by atoms with Crippen LogP contribution in [0, 0.1) is 0 Å². The number of imidazole rings is 1. The van der Waals surface area contributed by atoms with Crippen molar-refractivity contribution >= 4 is 11.7 Å². The molecule has 1 rings (SSSR count). The van der Waals surface area contributed by atoms with Crippen molar-refractivity contribution in [2.45, 2.75) is 26.7 Å². The average molecular weight is 181 g/mol. The molecule has 4 nitrogen and oxygen atoms in total. The van der Waals surface area contributed by atoms with Gasteiger partial charge in [-0.05, 0) is 6.42 Å². The molecule has 1 aromatic rings. The number of rotatable bonds is 3. The van der Waals surface area contributed by atoms with Gasteiger partial charge in [-0.25, -0.2) is 4.98 Å². The molecule has 0 aliphatic heterocycles. The number of amides is 1. The van der Waals surface area contributed by atoms with Gasteiger partial charge in [0, 0.05) is 13.5 Å². The Labute approximate surface area is 78.0 Å². The van der Waals surface area contributed by atoms with Crippen LogP contribution in [0.1, 0.15) is 26.0 Å². The summed E-state index contributed by atoms with van der Waals surface area (Å²) in [6.07, 6.45) is 3.04. The van der Waals surface area contributed by atoms with Crippen LogP contribution in [-0.2, 0) is 18.3 Å². The predicted molar refractivity (Wildman–Crippen MR) is 51.5 cm³/mol. The molecule has 0 spiro atoms. The number of carbonyl (C=O) groups is 1. The Morgan fingerprint density at radius 3 is 2.85 bits per heavy atom. The second-order valence-corrected chi connectivity index (χ2v) is 2.91. The highest BCUT2D eigenvalue weighted by Crippen LogP contribution is 2.13. The fraction of sp³-hybridized carbons (Fsp3) is 0.556. The molecule has 4 heteroatoms. The molecule has 0 saturated heterocycles. The number of carbonyl (C=O) groups excluding carboxylic acids is 1. The van der Waals surface area contributed by atoms with Gasteiger partial charge < -0.3 is 9.88 Å². The number of anilines is 1. The second kappa shape index (κ2) is 4.07. The lowest BCUT2D eigenvalue weighted by Crippen LogP contribution is -2.13. The van der Waals surface area contributed by atoms with E-state index >= 15 is 0 Å². The van der Waals surface area contributed by atoms with E-state index in [0.717, 1.165) is 17.9 Å². The zero-order valence-corrected chi connectivity index (χ0v) is 8.29. The fourth-order valence-corrected chi connectivity index (χ4v) is 1.12. The number of aryl methyl sites for hydroxylation is 2. The first kappa shape index (κ1) is 9.77. The largest absolute Gasteiger partial charge is 0.320 e. The number of nitrogens with zero attached hydrogens (tertiary/aromatic N) is 2. The van der Waals surface area contributed by atoms with Crippen molar-refractivity contribution in [1.82, 2.24) is 9.55 Å². The van der Waals surface area contributed by atoms with Crippen LogP contribution < -0.4 is 5.32 Å². The van der Waals surface area contributed by atoms with Gasteiger partial charge in [0.1, 0.15) is 5.82 Å². The number of hydrogen-bond acceptors (Lipinski definition) is 2. The molecule has 1 N–H and O–H groups in total. The molecule has 0 atom stereocenters. The standard InChI is InChI=1S/C9H15N3O/c1-4-7-9(11-8(13)5-2)12(3)6-10-7/h6H,4-5H2,1-3H3,(H,11,13). The summed E-state index contributed by atoms with van der Waals surface area (Å²) in [5.41, 5.74) is 0.935. The second-order valence-electron chi connectivity index (χ2n) is 2.91. The van der Waals surface area contributed by atoms with Gasteiger partial charge in [-0.3, -0.25) is 4.79 Å². The summed E-state index contributed by atoms with van der Waals surface area (Å²) in [6.45, 7) is 3.85. The smallest absolute Gasteiger partial charge is 0.225 e. The zero-order valence-electron chi connectivity index (χ0n) is 8.29. The lowest BCUT2D eigenvalue weighted by Gasteiger charge is -2.05. The Kier molecular flexibility index (Phi) is 3.06. The molecule has 0 radical (unpaired) electrons. The molecule has 0 saturated carbocycles. The van der Waals surface area contributed by atoms with Crippen molar-refractivity contribution < 1.29 is 4.79 Å². The van der Waals surface area contributed by atoms with E-state index in [9.17, 15) is 4.79 Å². The molecule has 0 aliphatic rings. The van der Waals surface area contributed by atoms with Crippen LogP contribution in [-0.4, -0.2) is 15.5 Å². The van der Waals surface area contributed by atoms with E-state index in [1.807, 2.05) is 25.5 Å². The summed E-state index contributed by atoms with van der Waals surface area (Å²) in [4.78, 5) is 15.3. The minimum atomic E-state index is 0.0262. The zero-order chi connectivity index (χ0) is 9.84. The third-order valence-corrected chi connectivity index (χ3v) is 1.93. The minimum absolute atomic E-state index is 0.0262. The third kappa shape index (κ3) is 2.08. The van der Waals surface area contributed by atoms with Crippen LogP contribution in [0.2, 0.25) is 0 Å². The Balaban J connectivity index is 2.85. The van der Waals surface area contributed by atoms with E-state index in [1.54, 1.807) is 6.33 Å². The van der Waals surface area contributed by atoms with Gasteiger partial charge in [-0.15, -0.1) is 0 Å². The molecular formula is C9H15N3O. The van der Waals surface area contributed by atoms with Crippen molar-refractivity contribution in [3.8, 4) is 0 Å². The fourth-order valence-electron chi connectivity index (χ4n) is 1.12. The first-order chi connectivity index (χ1) is 6.19. The summed E-state index contributed by atoms with van der Waals surface area (Å²) >= 11 is 0. The summed E-state index contributed by atoms with van der Waals surface area (Å²) in [6, 6.07) is 0. The maximum absolute atomic E-state index is 11.1. The maximum atomic E-state index is 11.1. The highest BCUT2D eigenvalue weighted by molar-refractivity contribution is 5.90. The van der Waals surface area contributed by atoms with Gasteiger partial charge in [0.05, 0.1) is 12.0 Å². The Bertz CT molecular complexity index is 304. The number of nitrogens with one attached hydrogen (secondary N) is 1. The molecule has 1 amide bonds. The molecule has 72 valence electrons. The monoisotopic (exact) mass is 181 g/mol. The van der Waals surface area contributed by atoms with Crippen molar-refractivity contribution in [3.63, 3.8) is 0 Å². The first-order valence-corrected chi connectivity index (χ1v) is 4.49. The van der Waals surface area contributed by atoms with Crippen LogP contribution in [0.4, 0.5) is 5.82 Å². The molecule has 0 aliphatic carbocycles. The maximum Gasteiger partial charge on any atom is 0.225 e. The van der Waals surface area contributed by atoms with E-state index < -0.39 is 0 Å². The van der Waals surface area contributed by atoms with Crippen LogP contribution >= 0.6 is 0 Å². The van der Waals surface area contributed by atoms with Gasteiger partial charge in [0.2, 0.25) is 5.91 Å². The lowest BCUT2D eigenvalue weighted by molar-refractivity contribution is -0.115. The molecular weight excluding hydrogens is 166 g/mol. The number of hydrogen-bond donors (Lipinski definition) is 1. The summed E-state index contributed by atoms with van der Waals surface area (Å²) < 4.78 is 1.83. The summed E-state index contributed by atoms with van der Waals surface area (Å²) in [7, 11) is 1.87. The lowest BCUT2D eigenvalue weighted by atomic mass is 10.3. The van der Waals surface area contributed by atoms with E-state index in [4.69, 9.17) is 0 Å². The van der Waals surface area contributed by atoms with Crippen LogP contribution in [0.15, 0.2) is 6.33 Å². The first-order valence-electron chi connectivity index (χ1n) is 4.49. The third-order valence-electron chi connectivity index (χ3n) is 1.93. The summed E-state index contributed by atoms with van der Waals surface area (Å²) in [5.74, 6) is 0.840. The average Bonchev–Trinajstić information content (AvgIpc) is 2.48. The molecule has 0 bridgehead atoms. The normalized spacial score (nSPS) is 10.1. The Morgan fingerprint density at radius 2 is 2.31 bits per heavy atom. The highest BCUT2D eigenvalue weighted by Gasteiger charge is 2.08. The van der Waals surface area contributed by atoms with E-state index in [0.29, 0.717) is 6.42 Å². The van der Waals surface area contributed by atoms with E-state index in [2.05, 4.69) is 10.3 Å². The topological polar surface area (TPSA) is 46.9 Å². The number of aromatic nitrogens is 2. The predicted octanol–water partition coefficient (Wildman–Crippen LogP) is 1.33. The van der Waals surface area contributed by atoms with Gasteiger partial charge in [-0.2, -0.15) is 0 Å². The molecule has 13 heavy (non-hydrogen) atoms. The van der Waals surface area contributed by atoms with Crippen molar-refractivity contribution in [1.29, 1.82) is 0 Å². The van der Waals surface area contributed by atoms with Crippen LogP contribution in [0.3, 0.4) is 0 Å². The van der Waals surface area contributed by atoms with Crippen LogP contribution in [0.25, 0.3) is 0 Å². The quantitative estimate of drug-likeness (QED) is 0.764. The molecule has 0 aromatic carbocycles.